The molecule has 0 bridgehead atoms. The predicted molar refractivity (Wildman–Crippen MR) is 93.0 cm³/mol. The lowest BCUT2D eigenvalue weighted by Gasteiger charge is -2.22. The first-order chi connectivity index (χ1) is 10.9. The second-order valence-corrected chi connectivity index (χ2v) is 6.07. The zero-order chi connectivity index (χ0) is 17.2. The minimum absolute atomic E-state index is 0.105. The summed E-state index contributed by atoms with van der Waals surface area (Å²) in [6.07, 6.45) is 0.930. The van der Waals surface area contributed by atoms with Crippen LogP contribution in [0.2, 0.25) is 0 Å². The van der Waals surface area contributed by atoms with E-state index >= 15 is 0 Å². The van der Waals surface area contributed by atoms with Gasteiger partial charge < -0.3 is 14.4 Å². The maximum atomic E-state index is 12.1. The van der Waals surface area contributed by atoms with Crippen molar-refractivity contribution in [2.24, 2.45) is 0 Å². The van der Waals surface area contributed by atoms with Gasteiger partial charge in [-0.05, 0) is 50.6 Å². The molecule has 0 spiro atoms. The summed E-state index contributed by atoms with van der Waals surface area (Å²) in [6.45, 7) is 7.18. The van der Waals surface area contributed by atoms with Crippen LogP contribution in [0.1, 0.15) is 17.5 Å². The molecule has 1 rings (SSSR count). The van der Waals surface area contributed by atoms with Gasteiger partial charge in [-0.1, -0.05) is 6.07 Å². The SMILES string of the molecule is COCCCN(C)CC(=O)N(C)CCOc1cc(C)cc(C)c1. The number of nitrogens with zero attached hydrogens (tertiary/aromatic N) is 2. The standard InChI is InChI=1S/C18H30N2O3/c1-15-11-16(2)13-17(12-15)23-10-8-20(4)18(21)14-19(3)7-6-9-22-5/h11-13H,6-10,14H2,1-5H3. The summed E-state index contributed by atoms with van der Waals surface area (Å²) in [5.74, 6) is 0.967. The summed E-state index contributed by atoms with van der Waals surface area (Å²) in [7, 11) is 5.46. The smallest absolute Gasteiger partial charge is 0.236 e. The Morgan fingerprint density at radius 3 is 2.30 bits per heavy atom. The number of rotatable bonds is 10. The second-order valence-electron chi connectivity index (χ2n) is 6.07. The Balaban J connectivity index is 2.29. The number of hydrogen-bond acceptors (Lipinski definition) is 4. The zero-order valence-electron chi connectivity index (χ0n) is 15.1. The maximum Gasteiger partial charge on any atom is 0.236 e. The van der Waals surface area contributed by atoms with Gasteiger partial charge in [0.15, 0.2) is 0 Å². The van der Waals surface area contributed by atoms with Crippen LogP contribution in [0.15, 0.2) is 18.2 Å². The molecule has 0 saturated heterocycles. The molecule has 1 amide bonds. The molecule has 0 aliphatic carbocycles. The molecule has 5 heteroatoms. The molecule has 0 heterocycles. The van der Waals surface area contributed by atoms with Crippen LogP contribution in [-0.2, 0) is 9.53 Å². The molecule has 0 fully saturated rings. The fourth-order valence-corrected chi connectivity index (χ4v) is 2.35. The highest BCUT2D eigenvalue weighted by atomic mass is 16.5. The van der Waals surface area contributed by atoms with Gasteiger partial charge in [0.1, 0.15) is 12.4 Å². The Hall–Kier alpha value is -1.59. The van der Waals surface area contributed by atoms with Crippen LogP contribution in [0, 0.1) is 13.8 Å². The van der Waals surface area contributed by atoms with Gasteiger partial charge in [0.25, 0.3) is 0 Å². The molecule has 1 aromatic carbocycles. The third-order valence-corrected chi connectivity index (χ3v) is 3.61. The lowest BCUT2D eigenvalue weighted by Crippen LogP contribution is -2.39. The summed E-state index contributed by atoms with van der Waals surface area (Å²) in [4.78, 5) is 15.9. The van der Waals surface area contributed by atoms with E-state index in [1.807, 2.05) is 31.1 Å². The molecule has 1 aromatic rings. The second kappa shape index (κ2) is 10.2. The molecule has 0 saturated carbocycles. The van der Waals surface area contributed by atoms with Crippen molar-refractivity contribution >= 4 is 5.91 Å². The molecule has 23 heavy (non-hydrogen) atoms. The van der Waals surface area contributed by atoms with E-state index < -0.39 is 0 Å². The van der Waals surface area contributed by atoms with Gasteiger partial charge in [0.2, 0.25) is 5.91 Å². The molecule has 130 valence electrons. The Kier molecular flexibility index (Phi) is 8.66. The highest BCUT2D eigenvalue weighted by Gasteiger charge is 2.11. The summed E-state index contributed by atoms with van der Waals surface area (Å²) in [5, 5.41) is 0. The van der Waals surface area contributed by atoms with Gasteiger partial charge >= 0.3 is 0 Å². The van der Waals surface area contributed by atoms with Crippen LogP contribution in [0.3, 0.4) is 0 Å². The first-order valence-corrected chi connectivity index (χ1v) is 8.05. The van der Waals surface area contributed by atoms with Crippen LogP contribution < -0.4 is 4.74 Å². The minimum atomic E-state index is 0.105. The van der Waals surface area contributed by atoms with E-state index in [2.05, 4.69) is 19.9 Å². The molecule has 0 radical (unpaired) electrons. The Labute approximate surface area is 140 Å². The van der Waals surface area contributed by atoms with E-state index in [-0.39, 0.29) is 5.91 Å². The quantitative estimate of drug-likeness (QED) is 0.619. The average molecular weight is 322 g/mol. The number of ether oxygens (including phenoxy) is 2. The van der Waals surface area contributed by atoms with Crippen molar-refractivity contribution in [3.05, 3.63) is 29.3 Å². The minimum Gasteiger partial charge on any atom is -0.492 e. The van der Waals surface area contributed by atoms with E-state index in [0.717, 1.165) is 25.3 Å². The number of amides is 1. The molecular formula is C18H30N2O3. The van der Waals surface area contributed by atoms with Gasteiger partial charge in [-0.15, -0.1) is 0 Å². The molecule has 5 nitrogen and oxygen atoms in total. The van der Waals surface area contributed by atoms with Crippen LogP contribution in [0.25, 0.3) is 0 Å². The first kappa shape index (κ1) is 19.5. The third-order valence-electron chi connectivity index (χ3n) is 3.61. The van der Waals surface area contributed by atoms with Crippen molar-refractivity contribution in [3.63, 3.8) is 0 Å². The number of carbonyl (C=O) groups excluding carboxylic acids is 1. The lowest BCUT2D eigenvalue weighted by atomic mass is 10.1. The van der Waals surface area contributed by atoms with Gasteiger partial charge in [-0.2, -0.15) is 0 Å². The summed E-state index contributed by atoms with van der Waals surface area (Å²) < 4.78 is 10.8. The molecule has 0 unspecified atom stereocenters. The highest BCUT2D eigenvalue weighted by Crippen LogP contribution is 2.15. The largest absolute Gasteiger partial charge is 0.492 e. The summed E-state index contributed by atoms with van der Waals surface area (Å²) in [5.41, 5.74) is 2.37. The molecule has 0 atom stereocenters. The number of carbonyl (C=O) groups is 1. The van der Waals surface area contributed by atoms with E-state index in [0.29, 0.717) is 19.7 Å². The Morgan fingerprint density at radius 1 is 1.04 bits per heavy atom. The van der Waals surface area contributed by atoms with Crippen molar-refractivity contribution in [1.29, 1.82) is 0 Å². The number of aryl methyl sites for hydroxylation is 2. The number of likely N-dealkylation sites (N-methyl/N-ethyl adjacent to an activating group) is 2. The van der Waals surface area contributed by atoms with Crippen molar-refractivity contribution in [3.8, 4) is 5.75 Å². The highest BCUT2D eigenvalue weighted by molar-refractivity contribution is 5.77. The average Bonchev–Trinajstić information content (AvgIpc) is 2.46. The van der Waals surface area contributed by atoms with Crippen LogP contribution in [-0.4, -0.2) is 69.8 Å². The van der Waals surface area contributed by atoms with Crippen LogP contribution in [0.5, 0.6) is 5.75 Å². The van der Waals surface area contributed by atoms with Crippen molar-refractivity contribution < 1.29 is 14.3 Å². The van der Waals surface area contributed by atoms with Crippen LogP contribution in [0.4, 0.5) is 0 Å². The third kappa shape index (κ3) is 8.00. The maximum absolute atomic E-state index is 12.1. The van der Waals surface area contributed by atoms with E-state index in [4.69, 9.17) is 9.47 Å². The fourth-order valence-electron chi connectivity index (χ4n) is 2.35. The monoisotopic (exact) mass is 322 g/mol. The molecule has 0 aliphatic rings. The van der Waals surface area contributed by atoms with Crippen molar-refractivity contribution in [2.75, 3.05) is 54.1 Å². The van der Waals surface area contributed by atoms with Gasteiger partial charge in [-0.3, -0.25) is 9.69 Å². The van der Waals surface area contributed by atoms with Crippen molar-refractivity contribution in [1.82, 2.24) is 9.80 Å². The Morgan fingerprint density at radius 2 is 1.70 bits per heavy atom. The molecule has 0 aromatic heterocycles. The van der Waals surface area contributed by atoms with E-state index in [9.17, 15) is 4.79 Å². The van der Waals surface area contributed by atoms with Crippen molar-refractivity contribution in [2.45, 2.75) is 20.3 Å². The predicted octanol–water partition coefficient (Wildman–Crippen LogP) is 2.11. The first-order valence-electron chi connectivity index (χ1n) is 8.05. The molecular weight excluding hydrogens is 292 g/mol. The molecule has 0 aliphatic heterocycles. The topological polar surface area (TPSA) is 42.0 Å². The van der Waals surface area contributed by atoms with E-state index in [1.165, 1.54) is 11.1 Å². The molecule has 0 N–H and O–H groups in total. The number of hydrogen-bond donors (Lipinski definition) is 0. The van der Waals surface area contributed by atoms with Gasteiger partial charge in [0.05, 0.1) is 13.1 Å². The number of methoxy groups -OCH3 is 1. The summed E-state index contributed by atoms with van der Waals surface area (Å²) >= 11 is 0. The Bertz CT molecular complexity index is 471. The zero-order valence-corrected chi connectivity index (χ0v) is 15.1. The fraction of sp³-hybridized carbons (Fsp3) is 0.611. The van der Waals surface area contributed by atoms with E-state index in [1.54, 1.807) is 12.0 Å². The van der Waals surface area contributed by atoms with Gasteiger partial charge in [-0.25, -0.2) is 0 Å². The lowest BCUT2D eigenvalue weighted by molar-refractivity contribution is -0.131. The normalized spacial score (nSPS) is 10.9. The number of benzene rings is 1. The summed E-state index contributed by atoms with van der Waals surface area (Å²) in [6, 6.07) is 6.14. The van der Waals surface area contributed by atoms with Gasteiger partial charge in [0, 0.05) is 27.3 Å². The van der Waals surface area contributed by atoms with Crippen LogP contribution >= 0.6 is 0 Å².